The predicted molar refractivity (Wildman–Crippen MR) is 83.8 cm³/mol. The van der Waals surface area contributed by atoms with Crippen LogP contribution in [0.3, 0.4) is 0 Å². The second kappa shape index (κ2) is 7.59. The monoisotopic (exact) mass is 306 g/mol. The van der Waals surface area contributed by atoms with Crippen LogP contribution < -0.4 is 5.32 Å². The largest absolute Gasteiger partial charge is 0.481 e. The fourth-order valence-corrected chi connectivity index (χ4v) is 2.26. The molecule has 120 valence electrons. The molecule has 1 aromatic carbocycles. The molecule has 2 amide bonds. The van der Waals surface area contributed by atoms with Crippen LogP contribution in [0.1, 0.15) is 29.5 Å². The molecule has 22 heavy (non-hydrogen) atoms. The Labute approximate surface area is 130 Å². The van der Waals surface area contributed by atoms with E-state index in [-0.39, 0.29) is 31.2 Å². The minimum absolute atomic E-state index is 0.106. The van der Waals surface area contributed by atoms with Crippen LogP contribution in [0.4, 0.5) is 5.69 Å². The van der Waals surface area contributed by atoms with E-state index in [9.17, 15) is 14.4 Å². The van der Waals surface area contributed by atoms with Gasteiger partial charge in [0.25, 0.3) is 0 Å². The Morgan fingerprint density at radius 2 is 1.64 bits per heavy atom. The number of aryl methyl sites for hydroxylation is 3. The summed E-state index contributed by atoms with van der Waals surface area (Å²) in [5.41, 5.74) is 3.80. The van der Waals surface area contributed by atoms with E-state index in [0.717, 1.165) is 22.4 Å². The second-order valence-corrected chi connectivity index (χ2v) is 5.47. The standard InChI is InChI=1S/C16H22N2O4/c1-10-7-11(2)16(12(3)8-10)17-13(19)9-18(4)14(20)5-6-15(21)22/h7-8H,5-6,9H2,1-4H3,(H,17,19)(H,21,22). The molecule has 0 aliphatic rings. The zero-order valence-corrected chi connectivity index (χ0v) is 13.4. The van der Waals surface area contributed by atoms with Gasteiger partial charge in [-0.15, -0.1) is 0 Å². The Morgan fingerprint density at radius 1 is 1.09 bits per heavy atom. The number of carbonyl (C=O) groups is 3. The molecule has 0 unspecified atom stereocenters. The lowest BCUT2D eigenvalue weighted by Gasteiger charge is -2.18. The lowest BCUT2D eigenvalue weighted by Crippen LogP contribution is -2.35. The molecule has 0 atom stereocenters. The van der Waals surface area contributed by atoms with Crippen molar-refractivity contribution in [1.82, 2.24) is 4.90 Å². The third kappa shape index (κ3) is 5.20. The van der Waals surface area contributed by atoms with Gasteiger partial charge < -0.3 is 15.3 Å². The number of carboxylic acid groups (broad SMARTS) is 1. The van der Waals surface area contributed by atoms with Crippen molar-refractivity contribution < 1.29 is 19.5 Å². The Morgan fingerprint density at radius 3 is 2.14 bits per heavy atom. The van der Waals surface area contributed by atoms with Crippen molar-refractivity contribution in [3.63, 3.8) is 0 Å². The molecule has 0 aliphatic carbocycles. The maximum atomic E-state index is 12.0. The third-order valence-electron chi connectivity index (χ3n) is 3.30. The zero-order chi connectivity index (χ0) is 16.9. The van der Waals surface area contributed by atoms with Crippen LogP contribution in [0.5, 0.6) is 0 Å². The number of anilines is 1. The number of amides is 2. The molecule has 0 fully saturated rings. The first-order valence-corrected chi connectivity index (χ1v) is 7.04. The highest BCUT2D eigenvalue weighted by Gasteiger charge is 2.15. The Kier molecular flexibility index (Phi) is 6.10. The smallest absolute Gasteiger partial charge is 0.303 e. The first-order valence-electron chi connectivity index (χ1n) is 7.04. The SMILES string of the molecule is Cc1cc(C)c(NC(=O)CN(C)C(=O)CCC(=O)O)c(C)c1. The number of likely N-dealkylation sites (N-methyl/N-ethyl adjacent to an activating group) is 1. The number of hydrogen-bond acceptors (Lipinski definition) is 3. The highest BCUT2D eigenvalue weighted by Crippen LogP contribution is 2.21. The van der Waals surface area contributed by atoms with Crippen molar-refractivity contribution in [3.05, 3.63) is 28.8 Å². The molecule has 1 rings (SSSR count). The molecule has 6 nitrogen and oxygen atoms in total. The fourth-order valence-electron chi connectivity index (χ4n) is 2.26. The molecule has 2 N–H and O–H groups in total. The number of nitrogens with zero attached hydrogens (tertiary/aromatic N) is 1. The van der Waals surface area contributed by atoms with E-state index < -0.39 is 5.97 Å². The van der Waals surface area contributed by atoms with E-state index in [2.05, 4.69) is 5.32 Å². The second-order valence-electron chi connectivity index (χ2n) is 5.47. The van der Waals surface area contributed by atoms with E-state index in [1.807, 2.05) is 32.9 Å². The number of aliphatic carboxylic acids is 1. The average molecular weight is 306 g/mol. The Hall–Kier alpha value is -2.37. The van der Waals surface area contributed by atoms with Crippen LogP contribution in [0.15, 0.2) is 12.1 Å². The van der Waals surface area contributed by atoms with E-state index in [1.165, 1.54) is 11.9 Å². The van der Waals surface area contributed by atoms with Crippen molar-refractivity contribution in [3.8, 4) is 0 Å². The van der Waals surface area contributed by atoms with Gasteiger partial charge >= 0.3 is 5.97 Å². The Bertz CT molecular complexity index is 573. The average Bonchev–Trinajstić information content (AvgIpc) is 2.39. The van der Waals surface area contributed by atoms with Gasteiger partial charge in [-0.1, -0.05) is 17.7 Å². The van der Waals surface area contributed by atoms with Crippen LogP contribution in [0.2, 0.25) is 0 Å². The predicted octanol–water partition coefficient (Wildman–Crippen LogP) is 1.87. The fraction of sp³-hybridized carbons (Fsp3) is 0.438. The van der Waals surface area contributed by atoms with Gasteiger partial charge in [-0.05, 0) is 31.9 Å². The van der Waals surface area contributed by atoms with Crippen LogP contribution in [0, 0.1) is 20.8 Å². The third-order valence-corrected chi connectivity index (χ3v) is 3.30. The van der Waals surface area contributed by atoms with Gasteiger partial charge in [-0.2, -0.15) is 0 Å². The van der Waals surface area contributed by atoms with E-state index in [4.69, 9.17) is 5.11 Å². The molecule has 0 bridgehead atoms. The molecular formula is C16H22N2O4. The highest BCUT2D eigenvalue weighted by molar-refractivity contribution is 5.96. The quantitative estimate of drug-likeness (QED) is 0.840. The normalized spacial score (nSPS) is 10.2. The minimum Gasteiger partial charge on any atom is -0.481 e. The molecule has 0 aliphatic heterocycles. The number of carbonyl (C=O) groups excluding carboxylic acids is 2. The molecule has 0 radical (unpaired) electrons. The zero-order valence-electron chi connectivity index (χ0n) is 13.4. The summed E-state index contributed by atoms with van der Waals surface area (Å²) >= 11 is 0. The van der Waals surface area contributed by atoms with E-state index in [1.54, 1.807) is 0 Å². The van der Waals surface area contributed by atoms with Gasteiger partial charge in [0.2, 0.25) is 11.8 Å². The first kappa shape index (κ1) is 17.7. The van der Waals surface area contributed by atoms with Crippen LogP contribution in [-0.2, 0) is 14.4 Å². The van der Waals surface area contributed by atoms with Gasteiger partial charge in [-0.25, -0.2) is 0 Å². The van der Waals surface area contributed by atoms with Gasteiger partial charge in [0, 0.05) is 19.2 Å². The maximum absolute atomic E-state index is 12.0. The summed E-state index contributed by atoms with van der Waals surface area (Å²) in [5.74, 6) is -1.70. The molecular weight excluding hydrogens is 284 g/mol. The molecule has 6 heteroatoms. The molecule has 0 aromatic heterocycles. The van der Waals surface area contributed by atoms with Crippen LogP contribution >= 0.6 is 0 Å². The highest BCUT2D eigenvalue weighted by atomic mass is 16.4. The van der Waals surface area contributed by atoms with Gasteiger partial charge in [-0.3, -0.25) is 14.4 Å². The first-order chi connectivity index (χ1) is 10.2. The van der Waals surface area contributed by atoms with Crippen molar-refractivity contribution in [1.29, 1.82) is 0 Å². The maximum Gasteiger partial charge on any atom is 0.303 e. The lowest BCUT2D eigenvalue weighted by atomic mass is 10.1. The van der Waals surface area contributed by atoms with Crippen molar-refractivity contribution >= 4 is 23.5 Å². The molecule has 0 spiro atoms. The topological polar surface area (TPSA) is 86.7 Å². The number of rotatable bonds is 6. The number of nitrogens with one attached hydrogen (secondary N) is 1. The molecule has 0 saturated heterocycles. The summed E-state index contributed by atoms with van der Waals surface area (Å²) in [4.78, 5) is 35.4. The molecule has 1 aromatic rings. The van der Waals surface area contributed by atoms with Crippen molar-refractivity contribution in [2.75, 3.05) is 18.9 Å². The van der Waals surface area contributed by atoms with Crippen LogP contribution in [-0.4, -0.2) is 41.4 Å². The van der Waals surface area contributed by atoms with Crippen molar-refractivity contribution in [2.24, 2.45) is 0 Å². The number of benzene rings is 1. The van der Waals surface area contributed by atoms with E-state index >= 15 is 0 Å². The van der Waals surface area contributed by atoms with Gasteiger partial charge in [0.05, 0.1) is 13.0 Å². The summed E-state index contributed by atoms with van der Waals surface area (Å²) in [6.07, 6.45) is -0.345. The summed E-state index contributed by atoms with van der Waals surface area (Å²) in [6.45, 7) is 5.71. The van der Waals surface area contributed by atoms with Gasteiger partial charge in [0.15, 0.2) is 0 Å². The summed E-state index contributed by atoms with van der Waals surface area (Å²) in [6, 6.07) is 3.95. The number of carboxylic acids is 1. The van der Waals surface area contributed by atoms with Crippen molar-refractivity contribution in [2.45, 2.75) is 33.6 Å². The Balaban J connectivity index is 2.63. The molecule has 0 heterocycles. The van der Waals surface area contributed by atoms with Crippen LogP contribution in [0.25, 0.3) is 0 Å². The van der Waals surface area contributed by atoms with E-state index in [0.29, 0.717) is 0 Å². The van der Waals surface area contributed by atoms with Gasteiger partial charge in [0.1, 0.15) is 0 Å². The summed E-state index contributed by atoms with van der Waals surface area (Å²) in [7, 11) is 1.48. The molecule has 0 saturated carbocycles. The lowest BCUT2D eigenvalue weighted by molar-refractivity contribution is -0.140. The summed E-state index contributed by atoms with van der Waals surface area (Å²) in [5, 5.41) is 11.4. The number of hydrogen-bond donors (Lipinski definition) is 2. The summed E-state index contributed by atoms with van der Waals surface area (Å²) < 4.78 is 0. The minimum atomic E-state index is -1.03.